The first-order valence-electron chi connectivity index (χ1n) is 9.43. The molecule has 1 fully saturated rings. The highest BCUT2D eigenvalue weighted by Crippen LogP contribution is 2.24. The third kappa shape index (κ3) is 5.31. The number of hydrogen-bond acceptors (Lipinski definition) is 5. The van der Waals surface area contributed by atoms with Crippen LogP contribution in [0.1, 0.15) is 28.8 Å². The summed E-state index contributed by atoms with van der Waals surface area (Å²) in [5.74, 6) is 1.71. The van der Waals surface area contributed by atoms with Gasteiger partial charge in [-0.05, 0) is 49.2 Å². The first-order chi connectivity index (χ1) is 13.2. The minimum Gasteiger partial charge on any atom is -0.497 e. The fraction of sp³-hybridized carbons (Fsp3) is 0.409. The number of Topliss-reactive ketones (excluding diaryl/α,β-unsaturated/α-hetero) is 1. The number of likely N-dealkylation sites (tertiary alicyclic amines) is 1. The first-order valence-corrected chi connectivity index (χ1v) is 9.43. The van der Waals surface area contributed by atoms with Gasteiger partial charge in [0.05, 0.1) is 13.7 Å². The van der Waals surface area contributed by atoms with E-state index in [0.717, 1.165) is 49.5 Å². The molecule has 1 saturated heterocycles. The number of nitrogens with zero attached hydrogens (tertiary/aromatic N) is 1. The molecule has 0 saturated carbocycles. The van der Waals surface area contributed by atoms with Crippen molar-refractivity contribution in [1.29, 1.82) is 0 Å². The van der Waals surface area contributed by atoms with Gasteiger partial charge in [0, 0.05) is 24.6 Å². The summed E-state index contributed by atoms with van der Waals surface area (Å²) in [7, 11) is 1.62. The van der Waals surface area contributed by atoms with Crippen molar-refractivity contribution < 1.29 is 19.4 Å². The van der Waals surface area contributed by atoms with E-state index in [4.69, 9.17) is 14.6 Å². The molecule has 2 aromatic carbocycles. The summed E-state index contributed by atoms with van der Waals surface area (Å²) < 4.78 is 10.6. The van der Waals surface area contributed by atoms with Crippen molar-refractivity contribution in [3.63, 3.8) is 0 Å². The second-order valence-electron chi connectivity index (χ2n) is 6.89. The van der Waals surface area contributed by atoms with Crippen molar-refractivity contribution in [2.75, 3.05) is 33.4 Å². The van der Waals surface area contributed by atoms with Crippen LogP contribution in [0.15, 0.2) is 48.5 Å². The largest absolute Gasteiger partial charge is 0.497 e. The van der Waals surface area contributed by atoms with Crippen LogP contribution in [0.3, 0.4) is 0 Å². The number of ether oxygens (including phenoxy) is 2. The Balaban J connectivity index is 1.59. The van der Waals surface area contributed by atoms with E-state index in [1.165, 1.54) is 5.56 Å². The van der Waals surface area contributed by atoms with Crippen LogP contribution in [0, 0.1) is 5.92 Å². The summed E-state index contributed by atoms with van der Waals surface area (Å²) in [6, 6.07) is 15.4. The third-order valence-corrected chi connectivity index (χ3v) is 4.92. The van der Waals surface area contributed by atoms with E-state index in [1.807, 2.05) is 48.5 Å². The Morgan fingerprint density at radius 3 is 2.74 bits per heavy atom. The Morgan fingerprint density at radius 2 is 2.00 bits per heavy atom. The molecule has 0 amide bonds. The van der Waals surface area contributed by atoms with E-state index in [1.54, 1.807) is 7.11 Å². The molecule has 0 spiro atoms. The van der Waals surface area contributed by atoms with Crippen molar-refractivity contribution in [2.24, 2.45) is 5.92 Å². The van der Waals surface area contributed by atoms with Crippen LogP contribution in [0.5, 0.6) is 11.5 Å². The Kier molecular flexibility index (Phi) is 6.85. The molecule has 5 heteroatoms. The zero-order chi connectivity index (χ0) is 19.1. The Hall–Kier alpha value is -2.37. The fourth-order valence-corrected chi connectivity index (χ4v) is 3.54. The number of rotatable bonds is 8. The topological polar surface area (TPSA) is 59.0 Å². The maximum atomic E-state index is 12.9. The highest BCUT2D eigenvalue weighted by molar-refractivity contribution is 5.98. The van der Waals surface area contributed by atoms with Gasteiger partial charge in [0.1, 0.15) is 18.1 Å². The molecule has 0 aliphatic carbocycles. The van der Waals surface area contributed by atoms with Crippen LogP contribution in [-0.4, -0.2) is 49.2 Å². The number of benzene rings is 2. The molecule has 27 heavy (non-hydrogen) atoms. The summed E-state index contributed by atoms with van der Waals surface area (Å²) in [5.41, 5.74) is 1.92. The average molecular weight is 369 g/mol. The maximum Gasteiger partial charge on any atom is 0.167 e. The summed E-state index contributed by atoms with van der Waals surface area (Å²) in [6.45, 7) is 2.92. The summed E-state index contributed by atoms with van der Waals surface area (Å²) in [6.07, 6.45) is 1.96. The molecular formula is C22H27NO4. The van der Waals surface area contributed by atoms with Gasteiger partial charge in [-0.25, -0.2) is 0 Å². The number of piperidine rings is 1. The molecule has 1 aliphatic rings. The summed E-state index contributed by atoms with van der Waals surface area (Å²) in [4.78, 5) is 15.2. The smallest absolute Gasteiger partial charge is 0.167 e. The van der Waals surface area contributed by atoms with Gasteiger partial charge in [0.2, 0.25) is 0 Å². The molecule has 1 aliphatic heterocycles. The number of aliphatic hydroxyl groups is 1. The Labute approximate surface area is 160 Å². The van der Waals surface area contributed by atoms with Gasteiger partial charge in [0.25, 0.3) is 0 Å². The van der Waals surface area contributed by atoms with Crippen molar-refractivity contribution in [2.45, 2.75) is 19.4 Å². The highest BCUT2D eigenvalue weighted by Gasteiger charge is 2.26. The minimum absolute atomic E-state index is 0.0121. The SMILES string of the molecule is COc1cccc(C(=O)C2CCCN(Cc3ccc(OCCO)cc3)C2)c1. The van der Waals surface area contributed by atoms with Crippen molar-refractivity contribution in [3.05, 3.63) is 59.7 Å². The van der Waals surface area contributed by atoms with E-state index in [9.17, 15) is 4.79 Å². The maximum absolute atomic E-state index is 12.9. The van der Waals surface area contributed by atoms with Crippen LogP contribution in [0.2, 0.25) is 0 Å². The number of carbonyl (C=O) groups excluding carboxylic acids is 1. The number of carbonyl (C=O) groups is 1. The van der Waals surface area contributed by atoms with E-state index in [2.05, 4.69) is 4.90 Å². The molecule has 1 atom stereocenters. The molecule has 1 N–H and O–H groups in total. The normalized spacial score (nSPS) is 17.5. The predicted octanol–water partition coefficient (Wildman–Crippen LogP) is 3.16. The van der Waals surface area contributed by atoms with Crippen molar-refractivity contribution in [1.82, 2.24) is 4.90 Å². The van der Waals surface area contributed by atoms with Gasteiger partial charge in [0.15, 0.2) is 5.78 Å². The van der Waals surface area contributed by atoms with Gasteiger partial charge in [-0.1, -0.05) is 24.3 Å². The molecule has 1 heterocycles. The van der Waals surface area contributed by atoms with Crippen LogP contribution < -0.4 is 9.47 Å². The Morgan fingerprint density at radius 1 is 1.19 bits per heavy atom. The zero-order valence-electron chi connectivity index (χ0n) is 15.8. The van der Waals surface area contributed by atoms with Crippen molar-refractivity contribution >= 4 is 5.78 Å². The number of ketones is 1. The number of methoxy groups -OCH3 is 1. The average Bonchev–Trinajstić information content (AvgIpc) is 2.73. The zero-order valence-corrected chi connectivity index (χ0v) is 15.8. The highest BCUT2D eigenvalue weighted by atomic mass is 16.5. The summed E-state index contributed by atoms with van der Waals surface area (Å²) in [5, 5.41) is 8.81. The quantitative estimate of drug-likeness (QED) is 0.725. The Bertz CT molecular complexity index is 744. The van der Waals surface area contributed by atoms with Crippen molar-refractivity contribution in [3.8, 4) is 11.5 Å². The van der Waals surface area contributed by atoms with Gasteiger partial charge in [-0.15, -0.1) is 0 Å². The second kappa shape index (κ2) is 9.53. The monoisotopic (exact) mass is 369 g/mol. The van der Waals surface area contributed by atoms with Crippen LogP contribution in [0.4, 0.5) is 0 Å². The fourth-order valence-electron chi connectivity index (χ4n) is 3.54. The molecule has 144 valence electrons. The second-order valence-corrected chi connectivity index (χ2v) is 6.89. The molecule has 3 rings (SSSR count). The van der Waals surface area contributed by atoms with Gasteiger partial charge in [-0.2, -0.15) is 0 Å². The van der Waals surface area contributed by atoms with Gasteiger partial charge in [-0.3, -0.25) is 9.69 Å². The molecule has 0 radical (unpaired) electrons. The van der Waals surface area contributed by atoms with E-state index in [0.29, 0.717) is 6.61 Å². The third-order valence-electron chi connectivity index (χ3n) is 4.92. The minimum atomic E-state index is 0.0121. The lowest BCUT2D eigenvalue weighted by Gasteiger charge is -2.32. The molecule has 1 unspecified atom stereocenters. The standard InChI is InChI=1S/C22H27NO4/c1-26-21-6-2-4-18(14-21)22(25)19-5-3-11-23(16-19)15-17-7-9-20(10-8-17)27-13-12-24/h2,4,6-10,14,19,24H,3,5,11-13,15-16H2,1H3. The van der Waals surface area contributed by atoms with Crippen LogP contribution in [0.25, 0.3) is 0 Å². The van der Waals surface area contributed by atoms with Gasteiger partial charge >= 0.3 is 0 Å². The van der Waals surface area contributed by atoms with Crippen LogP contribution in [-0.2, 0) is 6.54 Å². The molecule has 0 aromatic heterocycles. The van der Waals surface area contributed by atoms with Crippen LogP contribution >= 0.6 is 0 Å². The lowest BCUT2D eigenvalue weighted by Crippen LogP contribution is -2.38. The molecular weight excluding hydrogens is 342 g/mol. The van der Waals surface area contributed by atoms with Gasteiger partial charge < -0.3 is 14.6 Å². The molecule has 5 nitrogen and oxygen atoms in total. The molecule has 0 bridgehead atoms. The number of aliphatic hydroxyl groups excluding tert-OH is 1. The first kappa shape index (κ1) is 19.4. The lowest BCUT2D eigenvalue weighted by atomic mass is 9.89. The predicted molar refractivity (Wildman–Crippen MR) is 104 cm³/mol. The van der Waals surface area contributed by atoms with E-state index >= 15 is 0 Å². The van der Waals surface area contributed by atoms with E-state index in [-0.39, 0.29) is 18.3 Å². The molecule has 2 aromatic rings. The number of hydrogen-bond donors (Lipinski definition) is 1. The lowest BCUT2D eigenvalue weighted by molar-refractivity contribution is 0.0811. The van der Waals surface area contributed by atoms with E-state index < -0.39 is 0 Å². The summed E-state index contributed by atoms with van der Waals surface area (Å²) >= 11 is 0.